The summed E-state index contributed by atoms with van der Waals surface area (Å²) in [4.78, 5) is 18.7. The van der Waals surface area contributed by atoms with E-state index in [2.05, 4.69) is 35.6 Å². The molecule has 166 valence electrons. The van der Waals surface area contributed by atoms with Crippen molar-refractivity contribution in [1.82, 2.24) is 9.88 Å². The smallest absolute Gasteiger partial charge is 0.162 e. The van der Waals surface area contributed by atoms with Crippen molar-refractivity contribution in [3.63, 3.8) is 0 Å². The summed E-state index contributed by atoms with van der Waals surface area (Å²) in [5.74, 6) is 5.87. The van der Waals surface area contributed by atoms with Crippen LogP contribution in [-0.2, 0) is 0 Å². The molecule has 0 radical (unpaired) electrons. The Labute approximate surface area is 188 Å². The van der Waals surface area contributed by atoms with Gasteiger partial charge < -0.3 is 15.7 Å². The number of likely N-dealkylation sites (N-methyl/N-ethyl adjacent to an activating group) is 1. The molecule has 3 N–H and O–H groups in total. The monoisotopic (exact) mass is 433 g/mol. The number of halogens is 1. The second-order valence-corrected chi connectivity index (χ2v) is 7.68. The first-order valence-corrected chi connectivity index (χ1v) is 10.8. The number of ketones is 1. The second-order valence-electron chi connectivity index (χ2n) is 7.68. The molecule has 1 atom stereocenters. The lowest BCUT2D eigenvalue weighted by atomic mass is 10.0. The van der Waals surface area contributed by atoms with E-state index in [1.165, 1.54) is 12.1 Å². The third kappa shape index (κ3) is 5.91. The maximum atomic E-state index is 13.7. The highest BCUT2D eigenvalue weighted by molar-refractivity contribution is 5.96. The minimum Gasteiger partial charge on any atom is -0.392 e. The van der Waals surface area contributed by atoms with E-state index in [9.17, 15) is 14.3 Å². The molecule has 0 aliphatic carbocycles. The summed E-state index contributed by atoms with van der Waals surface area (Å²) >= 11 is 0. The SMILES string of the molecule is CCN(CC)CC(O)CCC(=O)c1ccc(C#Cc2c(N)ncc3ccc(F)cc23)cc1. The lowest BCUT2D eigenvalue weighted by Gasteiger charge is -2.21. The maximum absolute atomic E-state index is 13.7. The first-order valence-electron chi connectivity index (χ1n) is 10.8. The number of carbonyl (C=O) groups is 1. The zero-order valence-corrected chi connectivity index (χ0v) is 18.4. The van der Waals surface area contributed by atoms with Crippen molar-refractivity contribution < 1.29 is 14.3 Å². The molecule has 0 aliphatic rings. The van der Waals surface area contributed by atoms with E-state index in [1.807, 2.05) is 0 Å². The van der Waals surface area contributed by atoms with Gasteiger partial charge in [0.2, 0.25) is 0 Å². The van der Waals surface area contributed by atoms with Crippen LogP contribution in [0.4, 0.5) is 10.2 Å². The van der Waals surface area contributed by atoms with Crippen LogP contribution in [0, 0.1) is 17.7 Å². The first-order chi connectivity index (χ1) is 15.4. The topological polar surface area (TPSA) is 79.5 Å². The van der Waals surface area contributed by atoms with Crippen LogP contribution in [0.1, 0.15) is 48.2 Å². The number of aromatic nitrogens is 1. The molecule has 0 amide bonds. The number of Topliss-reactive ketones (excluding diaryl/α,β-unsaturated/α-hetero) is 1. The molecule has 0 spiro atoms. The number of carbonyl (C=O) groups excluding carboxylic acids is 1. The van der Waals surface area contributed by atoms with Crippen LogP contribution in [-0.4, -0.2) is 46.5 Å². The van der Waals surface area contributed by atoms with Crippen LogP contribution in [0.25, 0.3) is 10.8 Å². The van der Waals surface area contributed by atoms with Gasteiger partial charge >= 0.3 is 0 Å². The number of benzene rings is 2. The van der Waals surface area contributed by atoms with E-state index in [0.29, 0.717) is 35.0 Å². The minimum atomic E-state index is -0.520. The molecule has 1 heterocycles. The standard InChI is InChI=1S/C26H28FN3O2/c1-3-30(4-2)17-22(31)12-14-25(32)19-8-5-18(6-9-19)7-13-23-24-15-21(27)11-10-20(24)16-29-26(23)28/h5-6,8-11,15-16,22,31H,3-4,12,14,17H2,1-2H3,(H2,28,29). The van der Waals surface area contributed by atoms with Gasteiger partial charge in [0.05, 0.1) is 11.7 Å². The molecule has 3 aromatic rings. The van der Waals surface area contributed by atoms with E-state index >= 15 is 0 Å². The van der Waals surface area contributed by atoms with Gasteiger partial charge in [0.25, 0.3) is 0 Å². The Balaban J connectivity index is 1.68. The number of pyridine rings is 1. The first kappa shape index (κ1) is 23.4. The molecule has 0 aliphatic heterocycles. The number of nitrogens with two attached hydrogens (primary N) is 1. The molecular weight excluding hydrogens is 405 g/mol. The Kier molecular flexibility index (Phi) is 7.93. The Morgan fingerprint density at radius 2 is 1.88 bits per heavy atom. The quantitative estimate of drug-likeness (QED) is 0.414. The minimum absolute atomic E-state index is 0.0129. The lowest BCUT2D eigenvalue weighted by Crippen LogP contribution is -2.32. The van der Waals surface area contributed by atoms with Gasteiger partial charge in [-0.05, 0) is 49.8 Å². The molecule has 1 unspecified atom stereocenters. The van der Waals surface area contributed by atoms with E-state index in [0.717, 1.165) is 18.5 Å². The van der Waals surface area contributed by atoms with Gasteiger partial charge in [-0.15, -0.1) is 0 Å². The maximum Gasteiger partial charge on any atom is 0.162 e. The fourth-order valence-electron chi connectivity index (χ4n) is 3.52. The van der Waals surface area contributed by atoms with Crippen LogP contribution in [0.15, 0.2) is 48.7 Å². The van der Waals surface area contributed by atoms with Crippen molar-refractivity contribution in [2.24, 2.45) is 0 Å². The van der Waals surface area contributed by atoms with E-state index < -0.39 is 6.10 Å². The highest BCUT2D eigenvalue weighted by atomic mass is 19.1. The molecule has 1 aromatic heterocycles. The summed E-state index contributed by atoms with van der Waals surface area (Å²) in [6, 6.07) is 11.4. The van der Waals surface area contributed by atoms with E-state index in [4.69, 9.17) is 5.73 Å². The summed E-state index contributed by atoms with van der Waals surface area (Å²) in [6.07, 6.45) is 1.79. The number of fused-ring (bicyclic) bond motifs is 1. The highest BCUT2D eigenvalue weighted by Gasteiger charge is 2.13. The summed E-state index contributed by atoms with van der Waals surface area (Å²) in [5, 5.41) is 11.5. The molecule has 0 saturated heterocycles. The number of anilines is 1. The largest absolute Gasteiger partial charge is 0.392 e. The second kappa shape index (κ2) is 10.9. The number of nitrogens with zero attached hydrogens (tertiary/aromatic N) is 2. The summed E-state index contributed by atoms with van der Waals surface area (Å²) < 4.78 is 13.7. The number of aliphatic hydroxyl groups excluding tert-OH is 1. The molecule has 2 aromatic carbocycles. The highest BCUT2D eigenvalue weighted by Crippen LogP contribution is 2.22. The van der Waals surface area contributed by atoms with Gasteiger partial charge in [-0.1, -0.05) is 37.8 Å². The van der Waals surface area contributed by atoms with Crippen molar-refractivity contribution in [1.29, 1.82) is 0 Å². The molecule has 6 heteroatoms. The molecule has 0 fully saturated rings. The van der Waals surface area contributed by atoms with Crippen molar-refractivity contribution in [2.45, 2.75) is 32.8 Å². The van der Waals surface area contributed by atoms with Gasteiger partial charge in [-0.25, -0.2) is 9.37 Å². The van der Waals surface area contributed by atoms with Crippen molar-refractivity contribution in [2.75, 3.05) is 25.4 Å². The Morgan fingerprint density at radius 3 is 2.56 bits per heavy atom. The lowest BCUT2D eigenvalue weighted by molar-refractivity contribution is 0.0877. The number of rotatable bonds is 8. The third-order valence-corrected chi connectivity index (χ3v) is 5.49. The number of nitrogen functional groups attached to an aromatic ring is 1. The van der Waals surface area contributed by atoms with Crippen molar-refractivity contribution in [3.05, 3.63) is 71.2 Å². The van der Waals surface area contributed by atoms with Crippen LogP contribution >= 0.6 is 0 Å². The van der Waals surface area contributed by atoms with E-state index in [1.54, 1.807) is 36.5 Å². The molecule has 0 saturated carbocycles. The van der Waals surface area contributed by atoms with Crippen molar-refractivity contribution >= 4 is 22.4 Å². The molecule has 32 heavy (non-hydrogen) atoms. The zero-order valence-electron chi connectivity index (χ0n) is 18.4. The fourth-order valence-corrected chi connectivity index (χ4v) is 3.52. The number of hydrogen-bond donors (Lipinski definition) is 2. The van der Waals surface area contributed by atoms with Crippen molar-refractivity contribution in [3.8, 4) is 11.8 Å². The molecule has 5 nitrogen and oxygen atoms in total. The predicted molar refractivity (Wildman–Crippen MR) is 126 cm³/mol. The third-order valence-electron chi connectivity index (χ3n) is 5.49. The summed E-state index contributed by atoms with van der Waals surface area (Å²) in [6.45, 7) is 6.42. The van der Waals surface area contributed by atoms with Crippen LogP contribution < -0.4 is 5.73 Å². The van der Waals surface area contributed by atoms with Crippen LogP contribution in [0.3, 0.4) is 0 Å². The van der Waals surface area contributed by atoms with Gasteiger partial charge in [-0.2, -0.15) is 0 Å². The Morgan fingerprint density at radius 1 is 1.16 bits per heavy atom. The molecule has 0 bridgehead atoms. The predicted octanol–water partition coefficient (Wildman–Crippen LogP) is 4.02. The summed E-state index contributed by atoms with van der Waals surface area (Å²) in [5.41, 5.74) is 7.73. The van der Waals surface area contributed by atoms with Crippen LogP contribution in [0.5, 0.6) is 0 Å². The number of hydrogen-bond acceptors (Lipinski definition) is 5. The summed E-state index contributed by atoms with van der Waals surface area (Å²) in [7, 11) is 0. The van der Waals surface area contributed by atoms with Gasteiger partial charge in [-0.3, -0.25) is 4.79 Å². The average Bonchev–Trinajstić information content (AvgIpc) is 2.80. The fraction of sp³-hybridized carbons (Fsp3) is 0.308. The Hall–Kier alpha value is -3.27. The Bertz CT molecular complexity index is 1140. The van der Waals surface area contributed by atoms with Crippen LogP contribution in [0.2, 0.25) is 0 Å². The van der Waals surface area contributed by atoms with Gasteiger partial charge in [0.15, 0.2) is 5.78 Å². The van der Waals surface area contributed by atoms with E-state index in [-0.39, 0.29) is 23.8 Å². The molecule has 3 rings (SSSR count). The normalized spacial score (nSPS) is 11.9. The van der Waals surface area contributed by atoms with Gasteiger partial charge in [0.1, 0.15) is 11.6 Å². The molecular formula is C26H28FN3O2. The average molecular weight is 434 g/mol. The number of aliphatic hydroxyl groups is 1. The zero-order chi connectivity index (χ0) is 23.1. The van der Waals surface area contributed by atoms with Gasteiger partial charge in [0, 0.05) is 41.1 Å².